The van der Waals surface area contributed by atoms with Gasteiger partial charge in [0.1, 0.15) is 0 Å². The molecule has 0 unspecified atom stereocenters. The van der Waals surface area contributed by atoms with Crippen LogP contribution in [0.4, 0.5) is 5.69 Å². The monoisotopic (exact) mass is 247 g/mol. The van der Waals surface area contributed by atoms with Crippen LogP contribution in [0.15, 0.2) is 30.3 Å². The van der Waals surface area contributed by atoms with E-state index < -0.39 is 5.97 Å². The van der Waals surface area contributed by atoms with Gasteiger partial charge < -0.3 is 10.0 Å². The Morgan fingerprint density at radius 2 is 1.94 bits per heavy atom. The summed E-state index contributed by atoms with van der Waals surface area (Å²) < 4.78 is 0. The van der Waals surface area contributed by atoms with Crippen LogP contribution in [-0.2, 0) is 4.79 Å². The fourth-order valence-electron chi connectivity index (χ4n) is 2.17. The second-order valence-corrected chi connectivity index (χ2v) is 5.05. The maximum absolute atomic E-state index is 10.6. The number of nitrogens with zero attached hydrogens (tertiary/aromatic N) is 1. The molecule has 0 bridgehead atoms. The highest BCUT2D eigenvalue weighted by Gasteiger charge is 2.21. The van der Waals surface area contributed by atoms with Gasteiger partial charge >= 0.3 is 5.97 Å². The molecule has 0 aliphatic heterocycles. The molecule has 3 heteroatoms. The first-order valence-corrected chi connectivity index (χ1v) is 6.77. The van der Waals surface area contributed by atoms with E-state index in [1.165, 1.54) is 24.9 Å². The van der Waals surface area contributed by atoms with E-state index in [-0.39, 0.29) is 6.42 Å². The lowest BCUT2D eigenvalue weighted by Gasteiger charge is -2.24. The summed E-state index contributed by atoms with van der Waals surface area (Å²) in [5, 5.41) is 8.71. The number of carboxylic acid groups (broad SMARTS) is 1. The zero-order valence-corrected chi connectivity index (χ0v) is 10.7. The summed E-state index contributed by atoms with van der Waals surface area (Å²) >= 11 is 0. The zero-order valence-electron chi connectivity index (χ0n) is 10.7. The molecule has 1 fully saturated rings. The molecule has 98 valence electrons. The lowest BCUT2D eigenvalue weighted by atomic mass is 10.2. The van der Waals surface area contributed by atoms with Gasteiger partial charge in [0, 0.05) is 25.2 Å². The van der Waals surface area contributed by atoms with E-state index in [2.05, 4.69) is 17.0 Å². The third-order valence-corrected chi connectivity index (χ3v) is 3.44. The van der Waals surface area contributed by atoms with Crippen molar-refractivity contribution < 1.29 is 9.90 Å². The second-order valence-electron chi connectivity index (χ2n) is 5.05. The second kappa shape index (κ2) is 6.43. The predicted molar refractivity (Wildman–Crippen MR) is 72.9 cm³/mol. The summed E-state index contributed by atoms with van der Waals surface area (Å²) in [4.78, 5) is 12.9. The summed E-state index contributed by atoms with van der Waals surface area (Å²) in [6.45, 7) is 1.89. The predicted octanol–water partition coefficient (Wildman–Crippen LogP) is 3.16. The van der Waals surface area contributed by atoms with Gasteiger partial charge in [-0.05, 0) is 30.9 Å². The van der Waals surface area contributed by atoms with Crippen LogP contribution in [-0.4, -0.2) is 24.2 Å². The Kier molecular flexibility index (Phi) is 4.62. The Hall–Kier alpha value is -1.51. The number of hydrogen-bond donors (Lipinski definition) is 1. The van der Waals surface area contributed by atoms with Crippen molar-refractivity contribution in [3.63, 3.8) is 0 Å². The van der Waals surface area contributed by atoms with Gasteiger partial charge in [-0.2, -0.15) is 0 Å². The molecule has 18 heavy (non-hydrogen) atoms. The Balaban J connectivity index is 1.86. The van der Waals surface area contributed by atoms with E-state index in [0.29, 0.717) is 0 Å². The van der Waals surface area contributed by atoms with E-state index in [1.54, 1.807) is 0 Å². The minimum Gasteiger partial charge on any atom is -0.481 e. The first-order valence-electron chi connectivity index (χ1n) is 6.77. The maximum atomic E-state index is 10.6. The van der Waals surface area contributed by atoms with Gasteiger partial charge in [-0.1, -0.05) is 31.0 Å². The summed E-state index contributed by atoms with van der Waals surface area (Å²) in [5.74, 6) is 0.209. The molecule has 0 radical (unpaired) electrons. The average Bonchev–Trinajstić information content (AvgIpc) is 3.18. The number of aliphatic carboxylic acids is 1. The van der Waals surface area contributed by atoms with Crippen molar-refractivity contribution in [2.45, 2.75) is 32.1 Å². The Morgan fingerprint density at radius 1 is 1.22 bits per heavy atom. The van der Waals surface area contributed by atoms with Gasteiger partial charge in [-0.25, -0.2) is 0 Å². The van der Waals surface area contributed by atoms with Crippen LogP contribution in [0.25, 0.3) is 0 Å². The van der Waals surface area contributed by atoms with Crippen molar-refractivity contribution in [2.75, 3.05) is 18.0 Å². The fourth-order valence-corrected chi connectivity index (χ4v) is 2.17. The molecule has 0 aromatic heterocycles. The molecule has 0 amide bonds. The van der Waals surface area contributed by atoms with E-state index in [1.807, 2.05) is 18.2 Å². The smallest absolute Gasteiger partial charge is 0.303 e. The SMILES string of the molecule is O=C(O)CCCN(CCC1CC1)c1ccccc1. The fraction of sp³-hybridized carbons (Fsp3) is 0.533. The number of benzene rings is 1. The molecule has 1 aliphatic rings. The molecular weight excluding hydrogens is 226 g/mol. The lowest BCUT2D eigenvalue weighted by Crippen LogP contribution is -2.26. The highest BCUT2D eigenvalue weighted by molar-refractivity contribution is 5.66. The van der Waals surface area contributed by atoms with E-state index >= 15 is 0 Å². The molecule has 1 saturated carbocycles. The Labute approximate surface area is 108 Å². The van der Waals surface area contributed by atoms with Crippen LogP contribution in [0.3, 0.4) is 0 Å². The number of carboxylic acids is 1. The summed E-state index contributed by atoms with van der Waals surface area (Å²) in [5.41, 5.74) is 1.21. The van der Waals surface area contributed by atoms with Gasteiger partial charge in [0.2, 0.25) is 0 Å². The number of hydrogen-bond acceptors (Lipinski definition) is 2. The molecule has 0 saturated heterocycles. The summed E-state index contributed by atoms with van der Waals surface area (Å²) in [6, 6.07) is 10.3. The molecule has 0 atom stereocenters. The van der Waals surface area contributed by atoms with Gasteiger partial charge in [0.15, 0.2) is 0 Å². The van der Waals surface area contributed by atoms with Crippen molar-refractivity contribution >= 4 is 11.7 Å². The van der Waals surface area contributed by atoms with Gasteiger partial charge in [0.05, 0.1) is 0 Å². The summed E-state index contributed by atoms with van der Waals surface area (Å²) in [6.07, 6.45) is 4.96. The highest BCUT2D eigenvalue weighted by Crippen LogP contribution is 2.33. The molecular formula is C15H21NO2. The van der Waals surface area contributed by atoms with Crippen molar-refractivity contribution in [3.8, 4) is 0 Å². The number of rotatable bonds is 8. The van der Waals surface area contributed by atoms with Crippen LogP contribution in [0.1, 0.15) is 32.1 Å². The topological polar surface area (TPSA) is 40.5 Å². The molecule has 3 nitrogen and oxygen atoms in total. The average molecular weight is 247 g/mol. The van der Waals surface area contributed by atoms with Gasteiger partial charge in [0.25, 0.3) is 0 Å². The van der Waals surface area contributed by atoms with Crippen molar-refractivity contribution in [2.24, 2.45) is 5.92 Å². The number of para-hydroxylation sites is 1. The standard InChI is InChI=1S/C15H21NO2/c17-15(18)7-4-11-16(12-10-13-8-9-13)14-5-2-1-3-6-14/h1-3,5-6,13H,4,7-12H2,(H,17,18). The molecule has 2 rings (SSSR count). The quantitative estimate of drug-likeness (QED) is 0.767. The molecule has 1 aromatic carbocycles. The number of carbonyl (C=O) groups is 1. The van der Waals surface area contributed by atoms with Crippen LogP contribution in [0.2, 0.25) is 0 Å². The van der Waals surface area contributed by atoms with E-state index in [0.717, 1.165) is 25.4 Å². The molecule has 0 spiro atoms. The molecule has 1 aliphatic carbocycles. The summed E-state index contributed by atoms with van der Waals surface area (Å²) in [7, 11) is 0. The van der Waals surface area contributed by atoms with E-state index in [9.17, 15) is 4.79 Å². The van der Waals surface area contributed by atoms with Crippen molar-refractivity contribution in [1.82, 2.24) is 0 Å². The van der Waals surface area contributed by atoms with Crippen molar-refractivity contribution in [3.05, 3.63) is 30.3 Å². The van der Waals surface area contributed by atoms with Crippen LogP contribution < -0.4 is 4.90 Å². The zero-order chi connectivity index (χ0) is 12.8. The Bertz CT molecular complexity index is 373. The largest absolute Gasteiger partial charge is 0.481 e. The minimum absolute atomic E-state index is 0.257. The van der Waals surface area contributed by atoms with Crippen molar-refractivity contribution in [1.29, 1.82) is 0 Å². The Morgan fingerprint density at radius 3 is 2.56 bits per heavy atom. The first kappa shape index (κ1) is 12.9. The minimum atomic E-state index is -0.704. The van der Waals surface area contributed by atoms with Gasteiger partial charge in [-0.3, -0.25) is 4.79 Å². The number of anilines is 1. The van der Waals surface area contributed by atoms with E-state index in [4.69, 9.17) is 5.11 Å². The van der Waals surface area contributed by atoms with Crippen LogP contribution in [0, 0.1) is 5.92 Å². The molecule has 0 heterocycles. The molecule has 1 aromatic rings. The lowest BCUT2D eigenvalue weighted by molar-refractivity contribution is -0.137. The van der Waals surface area contributed by atoms with Crippen LogP contribution in [0.5, 0.6) is 0 Å². The third-order valence-electron chi connectivity index (χ3n) is 3.44. The molecule has 1 N–H and O–H groups in total. The maximum Gasteiger partial charge on any atom is 0.303 e. The normalized spacial score (nSPS) is 14.4. The highest BCUT2D eigenvalue weighted by atomic mass is 16.4. The third kappa shape index (κ3) is 4.40. The first-order chi connectivity index (χ1) is 8.75. The van der Waals surface area contributed by atoms with Crippen LogP contribution >= 0.6 is 0 Å². The van der Waals surface area contributed by atoms with Gasteiger partial charge in [-0.15, -0.1) is 0 Å².